The first-order chi connectivity index (χ1) is 45.3. The Morgan fingerprint density at radius 2 is 1.22 bits per heavy atom. The van der Waals surface area contributed by atoms with E-state index in [-0.39, 0.29) is 36.4 Å². The minimum absolute atomic E-state index is 0.0000231. The summed E-state index contributed by atoms with van der Waals surface area (Å²) < 4.78 is 78.5. The third-order valence-electron chi connectivity index (χ3n) is 16.9. The first kappa shape index (κ1) is 66.9. The second-order valence-corrected chi connectivity index (χ2v) is 24.7. The van der Waals surface area contributed by atoms with Crippen molar-refractivity contribution in [2.75, 3.05) is 32.8 Å². The average Bonchev–Trinajstić information content (AvgIpc) is 1.71. The number of aliphatic carboxylic acids is 1. The summed E-state index contributed by atoms with van der Waals surface area (Å²) in [7, 11) is -1.86. The van der Waals surface area contributed by atoms with Gasteiger partial charge >= 0.3 is 25.8 Å². The molecule has 0 saturated carbocycles. The molecule has 1 fully saturated rings. The molecule has 9 aromatic rings. The number of terminal acetylenes is 1. The van der Waals surface area contributed by atoms with E-state index in [1.807, 2.05) is 170 Å². The van der Waals surface area contributed by atoms with Crippen molar-refractivity contribution in [1.82, 2.24) is 24.6 Å². The molecule has 0 radical (unpaired) electrons. The number of rotatable bonds is 33. The number of carboxylic acid groups (broad SMARTS) is 1. The van der Waals surface area contributed by atoms with Crippen LogP contribution in [0.2, 0.25) is 0 Å². The van der Waals surface area contributed by atoms with E-state index in [9.17, 15) is 14.7 Å². The molecule has 1 unspecified atom stereocenters. The zero-order valence-electron chi connectivity index (χ0n) is 52.6. The molecule has 3 N–H and O–H groups in total. The normalized spacial score (nSPS) is 17.0. The summed E-state index contributed by atoms with van der Waals surface area (Å²) in [6.07, 6.45) is 11.0. The monoisotopic (exact) mass is 1280 g/mol. The number of halogens is 1. The average molecular weight is 1280 g/mol. The number of benzene rings is 7. The van der Waals surface area contributed by atoms with Gasteiger partial charge in [0.05, 0.1) is 27.2 Å². The number of ether oxygens (including phenoxy) is 5. The number of imidazole rings is 1. The quantitative estimate of drug-likeness (QED) is 0.00874. The van der Waals surface area contributed by atoms with Crippen LogP contribution >= 0.6 is 7.75 Å². The molecular formula is C74H78FN6O11P. The van der Waals surface area contributed by atoms with Crippen LogP contribution in [0, 0.1) is 18.4 Å². The maximum atomic E-state index is 16.8. The number of unbranched alkanes of at least 4 members (excludes halogenated alkanes) is 7. The maximum Gasteiger partial charge on any atom is 0.407 e. The fraction of sp³-hybridized carbons (Fsp3) is 0.311. The van der Waals surface area contributed by atoms with Gasteiger partial charge in [-0.05, 0) is 83.0 Å². The Labute approximate surface area is 542 Å². The summed E-state index contributed by atoms with van der Waals surface area (Å²) in [5.41, 5.74) is 0.239. The first-order valence-corrected chi connectivity index (χ1v) is 33.0. The van der Waals surface area contributed by atoms with Gasteiger partial charge in [-0.2, -0.15) is 14.4 Å². The first-order valence-electron chi connectivity index (χ1n) is 31.4. The molecule has 2 aromatic heterocycles. The van der Waals surface area contributed by atoms with Crippen LogP contribution < -0.4 is 19.9 Å². The van der Waals surface area contributed by atoms with Crippen LogP contribution in [0.1, 0.15) is 117 Å². The van der Waals surface area contributed by atoms with Gasteiger partial charge in [0.15, 0.2) is 28.7 Å². The van der Waals surface area contributed by atoms with Gasteiger partial charge in [0.2, 0.25) is 0 Å². The third kappa shape index (κ3) is 15.4. The van der Waals surface area contributed by atoms with Crippen LogP contribution in [0.25, 0.3) is 11.2 Å². The van der Waals surface area contributed by atoms with Crippen LogP contribution in [0.4, 0.5) is 10.2 Å². The van der Waals surface area contributed by atoms with Crippen molar-refractivity contribution in [3.05, 3.63) is 252 Å². The van der Waals surface area contributed by atoms with E-state index in [1.165, 1.54) is 30.7 Å². The smallest absolute Gasteiger partial charge is 0.407 e. The molecule has 7 aromatic carbocycles. The summed E-state index contributed by atoms with van der Waals surface area (Å²) >= 11 is 0. The van der Waals surface area contributed by atoms with Crippen LogP contribution in [0.5, 0.6) is 11.5 Å². The largest absolute Gasteiger partial charge is 0.497 e. The van der Waals surface area contributed by atoms with E-state index in [0.29, 0.717) is 40.2 Å². The SMILES string of the molecule is C#C[C@]1(COP(=O)(N[C@@H](Cc2ccccc2)C(=O)O)O[C@@H](C)C(=O)OCCCCCCCCCC)O[C@@H](n2cnc3c(NC(c4ccccc4)(c4ccccc4)c4ccc(OC)cc4)nc(F)nc32)C[C@@H]1OC(c1ccccc1)(c1ccccc1)c1ccc(OC)cc1. The number of nitrogens with zero attached hydrogens (tertiary/aromatic N) is 4. The lowest BCUT2D eigenvalue weighted by Crippen LogP contribution is -2.49. The van der Waals surface area contributed by atoms with E-state index < -0.39 is 73.6 Å². The van der Waals surface area contributed by atoms with Crippen LogP contribution in [-0.2, 0) is 55.0 Å². The van der Waals surface area contributed by atoms with Gasteiger partial charge in [-0.3, -0.25) is 18.4 Å². The Balaban J connectivity index is 1.08. The Kier molecular flexibility index (Phi) is 22.3. The highest BCUT2D eigenvalue weighted by Gasteiger charge is 2.56. The Morgan fingerprint density at radius 1 is 0.720 bits per heavy atom. The minimum atomic E-state index is -5.02. The van der Waals surface area contributed by atoms with Gasteiger partial charge in [-0.1, -0.05) is 234 Å². The molecule has 1 saturated heterocycles. The van der Waals surface area contributed by atoms with Crippen molar-refractivity contribution in [2.45, 2.75) is 119 Å². The lowest BCUT2D eigenvalue weighted by Gasteiger charge is -2.41. The highest BCUT2D eigenvalue weighted by atomic mass is 31.2. The highest BCUT2D eigenvalue weighted by Crippen LogP contribution is 2.53. The van der Waals surface area contributed by atoms with Gasteiger partial charge in [-0.25, -0.2) is 19.4 Å². The van der Waals surface area contributed by atoms with Gasteiger partial charge in [0, 0.05) is 6.42 Å². The Bertz CT molecular complexity index is 3880. The molecule has 0 amide bonds. The van der Waals surface area contributed by atoms with Gasteiger partial charge in [0.25, 0.3) is 0 Å². The Hall–Kier alpha value is -9.05. The van der Waals surface area contributed by atoms with Crippen molar-refractivity contribution in [3.8, 4) is 23.8 Å². The molecule has 93 heavy (non-hydrogen) atoms. The minimum Gasteiger partial charge on any atom is -0.497 e. The van der Waals surface area contributed by atoms with Crippen LogP contribution in [0.15, 0.2) is 207 Å². The van der Waals surface area contributed by atoms with Crippen molar-refractivity contribution in [3.63, 3.8) is 0 Å². The number of nitrogens with one attached hydrogen (secondary N) is 2. The number of hydrogen-bond donors (Lipinski definition) is 3. The van der Waals surface area contributed by atoms with Crippen molar-refractivity contribution in [2.24, 2.45) is 0 Å². The second kappa shape index (κ2) is 31.0. The second-order valence-electron chi connectivity index (χ2n) is 23.0. The molecule has 3 heterocycles. The summed E-state index contributed by atoms with van der Waals surface area (Å²) in [6.45, 7) is 2.80. The van der Waals surface area contributed by atoms with Crippen molar-refractivity contribution >= 4 is 36.7 Å². The molecule has 482 valence electrons. The number of carboxylic acids is 1. The van der Waals surface area contributed by atoms with E-state index in [1.54, 1.807) is 44.6 Å². The van der Waals surface area contributed by atoms with E-state index in [2.05, 4.69) is 33.2 Å². The zero-order valence-corrected chi connectivity index (χ0v) is 53.5. The summed E-state index contributed by atoms with van der Waals surface area (Å²) in [5.74, 6) is 1.84. The molecular weight excluding hydrogens is 1200 g/mol. The van der Waals surface area contributed by atoms with E-state index in [0.717, 1.165) is 48.8 Å². The van der Waals surface area contributed by atoms with Gasteiger partial charge in [0.1, 0.15) is 47.6 Å². The number of esters is 1. The zero-order chi connectivity index (χ0) is 65.3. The molecule has 0 aliphatic carbocycles. The van der Waals surface area contributed by atoms with Crippen LogP contribution in [0.3, 0.4) is 0 Å². The fourth-order valence-corrected chi connectivity index (χ4v) is 13.7. The lowest BCUT2D eigenvalue weighted by molar-refractivity contribution is -0.152. The summed E-state index contributed by atoms with van der Waals surface area (Å²) in [5, 5.41) is 17.1. The number of carbonyl (C=O) groups excluding carboxylic acids is 1. The Morgan fingerprint density at radius 3 is 1.74 bits per heavy atom. The maximum absolute atomic E-state index is 16.8. The van der Waals surface area contributed by atoms with Crippen molar-refractivity contribution in [1.29, 1.82) is 0 Å². The summed E-state index contributed by atoms with van der Waals surface area (Å²) in [4.78, 5) is 40.8. The standard InChI is InChI=1S/C74H78FN6O11P/c1-6-8-9-10-11-12-13-29-48-88-70(84)53(3)92-93(85,80-63(69(82)83)49-54-30-19-14-20-31-54)89-51-72(7-2)64(90-74(58-36-25-17-26-37-58,59-38-27-18-28-39-59)60-42-46-62(87-5)47-43-60)50-65(91-72)81-52-76-66-67(77-71(75)78-68(66)81)79-73(55-32-21-15-22-33-55,56-34-23-16-24-35-56)57-40-44-61(86-4)45-41-57/h2,14-28,30-47,52-53,63-65H,6,8-13,29,48-51H2,1,3-5H3,(H,80,85)(H,82,83)(H,77,78,79)/t53-,63-,64-,65+,72+,93?/m0/s1. The third-order valence-corrected chi connectivity index (χ3v) is 18.6. The van der Waals surface area contributed by atoms with Crippen molar-refractivity contribution < 1.29 is 56.4 Å². The van der Waals surface area contributed by atoms with E-state index >= 15 is 8.96 Å². The highest BCUT2D eigenvalue weighted by molar-refractivity contribution is 7.51. The predicted octanol–water partition coefficient (Wildman–Crippen LogP) is 14.6. The molecule has 1 aliphatic heterocycles. The number of anilines is 1. The fourth-order valence-electron chi connectivity index (χ4n) is 12.0. The molecule has 1 aliphatic rings. The number of fused-ring (bicyclic) bond motifs is 1. The molecule has 10 rings (SSSR count). The molecule has 0 bridgehead atoms. The summed E-state index contributed by atoms with van der Waals surface area (Å²) in [6, 6.07) is 60.5. The topological polar surface area (TPSA) is 204 Å². The molecule has 0 spiro atoms. The van der Waals surface area contributed by atoms with Crippen LogP contribution in [-0.4, -0.2) is 87.8 Å². The number of methoxy groups -OCH3 is 2. The number of aromatic nitrogens is 4. The number of hydrogen-bond acceptors (Lipinski definition) is 14. The number of carbonyl (C=O) groups is 2. The lowest BCUT2D eigenvalue weighted by atomic mass is 9.77. The molecule has 17 nitrogen and oxygen atoms in total. The van der Waals surface area contributed by atoms with Gasteiger partial charge < -0.3 is 34.1 Å². The van der Waals surface area contributed by atoms with E-state index in [4.69, 9.17) is 44.1 Å². The van der Waals surface area contributed by atoms with Gasteiger partial charge in [-0.15, -0.1) is 6.42 Å². The molecule has 19 heteroatoms. The predicted molar refractivity (Wildman–Crippen MR) is 354 cm³/mol. The molecule has 6 atom stereocenters.